The van der Waals surface area contributed by atoms with Gasteiger partial charge in [-0.25, -0.2) is 0 Å². The van der Waals surface area contributed by atoms with Crippen molar-refractivity contribution in [1.82, 2.24) is 5.32 Å². The molecule has 6 heteroatoms. The van der Waals surface area contributed by atoms with E-state index >= 15 is 0 Å². The minimum absolute atomic E-state index is 0.0359. The Labute approximate surface area is 77.1 Å². The van der Waals surface area contributed by atoms with E-state index in [2.05, 4.69) is 10.5 Å². The molecule has 78 valence electrons. The summed E-state index contributed by atoms with van der Waals surface area (Å²) in [7, 11) is 0. The Kier molecular flexibility index (Phi) is 4.68. The molecule has 0 radical (unpaired) electrons. The summed E-state index contributed by atoms with van der Waals surface area (Å²) in [5.41, 5.74) is 4.09. The number of nitrogens with zero attached hydrogens (tertiary/aromatic N) is 1. The van der Waals surface area contributed by atoms with E-state index in [1.54, 1.807) is 6.92 Å². The molecule has 0 aromatic carbocycles. The van der Waals surface area contributed by atoms with Crippen LogP contribution in [-0.2, 0) is 0 Å². The van der Waals surface area contributed by atoms with E-state index in [1.807, 2.05) is 0 Å². The summed E-state index contributed by atoms with van der Waals surface area (Å²) in [6, 6.07) is -0.344. The lowest BCUT2D eigenvalue weighted by Gasteiger charge is -2.23. The summed E-state index contributed by atoms with van der Waals surface area (Å²) in [4.78, 5) is 0. The third-order valence-corrected chi connectivity index (χ3v) is 1.69. The number of hydrogen-bond donors (Lipinski definition) is 5. The van der Waals surface area contributed by atoms with Crippen LogP contribution in [0.15, 0.2) is 5.16 Å². The average Bonchev–Trinajstić information content (AvgIpc) is 2.13. The Morgan fingerprint density at radius 1 is 1.69 bits per heavy atom. The number of nitrogens with two attached hydrogens (primary N) is 1. The van der Waals surface area contributed by atoms with Gasteiger partial charge in [0.15, 0.2) is 5.84 Å². The molecule has 0 fully saturated rings. The van der Waals surface area contributed by atoms with Gasteiger partial charge in [-0.2, -0.15) is 0 Å². The predicted octanol–water partition coefficient (Wildman–Crippen LogP) is -1.55. The SMILES string of the molecule is CC(NCC(C)(O)CO)C(N)=NO. The molecule has 0 spiro atoms. The van der Waals surface area contributed by atoms with E-state index in [0.717, 1.165) is 0 Å². The Bertz CT molecular complexity index is 182. The monoisotopic (exact) mass is 191 g/mol. The van der Waals surface area contributed by atoms with Gasteiger partial charge in [-0.15, -0.1) is 0 Å². The minimum atomic E-state index is -1.19. The third kappa shape index (κ3) is 4.66. The molecule has 0 saturated heterocycles. The Balaban J connectivity index is 3.89. The first-order valence-electron chi connectivity index (χ1n) is 3.97. The Morgan fingerprint density at radius 2 is 2.23 bits per heavy atom. The lowest BCUT2D eigenvalue weighted by Crippen LogP contribution is -2.48. The molecular weight excluding hydrogens is 174 g/mol. The van der Waals surface area contributed by atoms with E-state index in [9.17, 15) is 5.11 Å². The van der Waals surface area contributed by atoms with Gasteiger partial charge >= 0.3 is 0 Å². The van der Waals surface area contributed by atoms with Crippen molar-refractivity contribution in [2.24, 2.45) is 10.9 Å². The number of rotatable bonds is 5. The van der Waals surface area contributed by atoms with Crippen molar-refractivity contribution >= 4 is 5.84 Å². The van der Waals surface area contributed by atoms with Crippen molar-refractivity contribution < 1.29 is 15.4 Å². The zero-order chi connectivity index (χ0) is 10.5. The maximum Gasteiger partial charge on any atom is 0.156 e. The van der Waals surface area contributed by atoms with Crippen LogP contribution in [0.3, 0.4) is 0 Å². The largest absolute Gasteiger partial charge is 0.409 e. The maximum atomic E-state index is 9.37. The van der Waals surface area contributed by atoms with E-state index < -0.39 is 5.60 Å². The predicted molar refractivity (Wildman–Crippen MR) is 48.6 cm³/mol. The smallest absolute Gasteiger partial charge is 0.156 e. The highest BCUT2D eigenvalue weighted by molar-refractivity contribution is 5.84. The van der Waals surface area contributed by atoms with Crippen LogP contribution in [0, 0.1) is 0 Å². The molecule has 0 heterocycles. The summed E-state index contributed by atoms with van der Waals surface area (Å²) >= 11 is 0. The fourth-order valence-corrected chi connectivity index (χ4v) is 0.620. The molecule has 0 rings (SSSR count). The molecule has 0 aliphatic rings. The highest BCUT2D eigenvalue weighted by Gasteiger charge is 2.20. The molecule has 6 N–H and O–H groups in total. The molecule has 0 aliphatic heterocycles. The quantitative estimate of drug-likeness (QED) is 0.156. The molecule has 13 heavy (non-hydrogen) atoms. The van der Waals surface area contributed by atoms with Crippen LogP contribution in [-0.4, -0.2) is 46.1 Å². The summed E-state index contributed by atoms with van der Waals surface area (Å²) in [5.74, 6) is 0.0359. The molecule has 0 aromatic rings. The van der Waals surface area contributed by atoms with Crippen molar-refractivity contribution in [1.29, 1.82) is 0 Å². The van der Waals surface area contributed by atoms with Gasteiger partial charge in [0, 0.05) is 6.54 Å². The molecule has 0 aromatic heterocycles. The van der Waals surface area contributed by atoms with Crippen LogP contribution < -0.4 is 11.1 Å². The minimum Gasteiger partial charge on any atom is -0.409 e. The molecular formula is C7H17N3O3. The van der Waals surface area contributed by atoms with Gasteiger partial charge in [0.2, 0.25) is 0 Å². The highest BCUT2D eigenvalue weighted by Crippen LogP contribution is 1.99. The molecule has 2 unspecified atom stereocenters. The third-order valence-electron chi connectivity index (χ3n) is 1.69. The Hall–Kier alpha value is -0.850. The average molecular weight is 191 g/mol. The first kappa shape index (κ1) is 12.2. The fraction of sp³-hybridized carbons (Fsp3) is 0.857. The second kappa shape index (κ2) is 5.00. The number of nitrogens with one attached hydrogen (secondary N) is 1. The molecule has 0 aliphatic carbocycles. The van der Waals surface area contributed by atoms with Gasteiger partial charge in [0.05, 0.1) is 18.2 Å². The van der Waals surface area contributed by atoms with E-state index in [4.69, 9.17) is 16.0 Å². The van der Waals surface area contributed by atoms with Crippen LogP contribution in [0.25, 0.3) is 0 Å². The van der Waals surface area contributed by atoms with Gasteiger partial charge in [0.25, 0.3) is 0 Å². The van der Waals surface area contributed by atoms with Crippen LogP contribution in [0.1, 0.15) is 13.8 Å². The summed E-state index contributed by atoms with van der Waals surface area (Å²) in [6.45, 7) is 2.99. The van der Waals surface area contributed by atoms with Crippen LogP contribution in [0.2, 0.25) is 0 Å². The summed E-state index contributed by atoms with van der Waals surface area (Å²) in [6.07, 6.45) is 0. The topological polar surface area (TPSA) is 111 Å². The van der Waals surface area contributed by atoms with Crippen molar-refractivity contribution in [3.63, 3.8) is 0 Å². The first-order chi connectivity index (χ1) is 5.93. The van der Waals surface area contributed by atoms with Gasteiger partial charge in [-0.05, 0) is 13.8 Å². The van der Waals surface area contributed by atoms with Crippen molar-refractivity contribution in [2.45, 2.75) is 25.5 Å². The molecule has 0 amide bonds. The molecule has 0 bridgehead atoms. The van der Waals surface area contributed by atoms with Gasteiger partial charge in [-0.3, -0.25) is 0 Å². The number of aliphatic hydroxyl groups is 2. The second-order valence-corrected chi connectivity index (χ2v) is 3.28. The number of oxime groups is 1. The Morgan fingerprint density at radius 3 is 2.62 bits per heavy atom. The van der Waals surface area contributed by atoms with Crippen LogP contribution >= 0.6 is 0 Å². The lowest BCUT2D eigenvalue weighted by molar-refractivity contribution is 0.00222. The molecule has 2 atom stereocenters. The summed E-state index contributed by atoms with van der Waals surface area (Å²) in [5, 5.41) is 32.0. The lowest BCUT2D eigenvalue weighted by atomic mass is 10.1. The molecule has 6 nitrogen and oxygen atoms in total. The van der Waals surface area contributed by atoms with Crippen molar-refractivity contribution in [3.8, 4) is 0 Å². The second-order valence-electron chi connectivity index (χ2n) is 3.28. The van der Waals surface area contributed by atoms with Crippen molar-refractivity contribution in [2.75, 3.05) is 13.2 Å². The zero-order valence-electron chi connectivity index (χ0n) is 7.86. The van der Waals surface area contributed by atoms with Crippen LogP contribution in [0.4, 0.5) is 0 Å². The number of hydrogen-bond acceptors (Lipinski definition) is 5. The van der Waals surface area contributed by atoms with E-state index in [1.165, 1.54) is 6.92 Å². The molecule has 0 saturated carbocycles. The van der Waals surface area contributed by atoms with E-state index in [0.29, 0.717) is 0 Å². The van der Waals surface area contributed by atoms with Gasteiger partial charge < -0.3 is 26.5 Å². The fourth-order valence-electron chi connectivity index (χ4n) is 0.620. The van der Waals surface area contributed by atoms with Gasteiger partial charge in [0.1, 0.15) is 0 Å². The van der Waals surface area contributed by atoms with Crippen molar-refractivity contribution in [3.05, 3.63) is 0 Å². The number of aliphatic hydroxyl groups excluding tert-OH is 1. The van der Waals surface area contributed by atoms with E-state index in [-0.39, 0.29) is 25.0 Å². The van der Waals surface area contributed by atoms with Gasteiger partial charge in [-0.1, -0.05) is 5.16 Å². The first-order valence-corrected chi connectivity index (χ1v) is 3.97. The number of amidine groups is 1. The standard InChI is InChI=1S/C7H17N3O3/c1-5(6(8)10-13)9-3-7(2,12)4-11/h5,9,11-13H,3-4H2,1-2H3,(H2,8,10). The maximum absolute atomic E-state index is 9.37. The zero-order valence-corrected chi connectivity index (χ0v) is 7.86. The highest BCUT2D eigenvalue weighted by atomic mass is 16.4. The van der Waals surface area contributed by atoms with Crippen LogP contribution in [0.5, 0.6) is 0 Å². The summed E-state index contributed by atoms with van der Waals surface area (Å²) < 4.78 is 0. The normalized spacial score (nSPS) is 19.5.